The SMILES string of the molecule is O=C(c1ccco1)N1N=C(c2ccc3c(c2)OCO3)CC1c1ccco1. The summed E-state index contributed by atoms with van der Waals surface area (Å²) in [6.45, 7) is 0.212. The molecule has 0 saturated heterocycles. The van der Waals surface area contributed by atoms with Crippen molar-refractivity contribution < 1.29 is 23.1 Å². The Hall–Kier alpha value is -3.48. The van der Waals surface area contributed by atoms with Crippen LogP contribution in [0.25, 0.3) is 0 Å². The second-order valence-corrected chi connectivity index (χ2v) is 5.98. The van der Waals surface area contributed by atoms with Gasteiger partial charge in [-0.3, -0.25) is 4.79 Å². The quantitative estimate of drug-likeness (QED) is 0.721. The molecule has 1 unspecified atom stereocenters. The molecule has 4 heterocycles. The Bertz CT molecular complexity index is 976. The third-order valence-corrected chi connectivity index (χ3v) is 4.43. The molecule has 0 aliphatic carbocycles. The molecular weight excluding hydrogens is 336 g/mol. The number of carbonyl (C=O) groups excluding carboxylic acids is 1. The van der Waals surface area contributed by atoms with Gasteiger partial charge >= 0.3 is 5.91 Å². The number of hydrazone groups is 1. The number of nitrogens with zero attached hydrogens (tertiary/aromatic N) is 2. The lowest BCUT2D eigenvalue weighted by molar-refractivity contribution is 0.0660. The topological polar surface area (TPSA) is 77.4 Å². The number of ether oxygens (including phenoxy) is 2. The van der Waals surface area contributed by atoms with Gasteiger partial charge in [0.1, 0.15) is 11.8 Å². The normalized spacial score (nSPS) is 18.2. The second kappa shape index (κ2) is 5.80. The summed E-state index contributed by atoms with van der Waals surface area (Å²) < 4.78 is 21.6. The molecule has 1 aromatic carbocycles. The largest absolute Gasteiger partial charge is 0.467 e. The van der Waals surface area contributed by atoms with Gasteiger partial charge in [0.2, 0.25) is 6.79 Å². The molecule has 0 N–H and O–H groups in total. The molecule has 5 rings (SSSR count). The van der Waals surface area contributed by atoms with Gasteiger partial charge < -0.3 is 18.3 Å². The molecular formula is C19H14N2O5. The molecule has 7 nitrogen and oxygen atoms in total. The van der Waals surface area contributed by atoms with Gasteiger partial charge in [-0.2, -0.15) is 5.10 Å². The lowest BCUT2D eigenvalue weighted by Crippen LogP contribution is -2.26. The van der Waals surface area contributed by atoms with Crippen molar-refractivity contribution in [1.82, 2.24) is 5.01 Å². The van der Waals surface area contributed by atoms with E-state index in [4.69, 9.17) is 18.3 Å². The molecule has 0 saturated carbocycles. The molecule has 7 heteroatoms. The fraction of sp³-hybridized carbons (Fsp3) is 0.158. The van der Waals surface area contributed by atoms with Crippen LogP contribution in [-0.2, 0) is 0 Å². The smallest absolute Gasteiger partial charge is 0.310 e. The van der Waals surface area contributed by atoms with Crippen LogP contribution in [0.1, 0.15) is 34.3 Å². The minimum Gasteiger partial charge on any atom is -0.467 e. The Morgan fingerprint density at radius 3 is 2.69 bits per heavy atom. The van der Waals surface area contributed by atoms with Crippen molar-refractivity contribution in [3.05, 3.63) is 72.1 Å². The first-order valence-electron chi connectivity index (χ1n) is 8.17. The van der Waals surface area contributed by atoms with E-state index in [2.05, 4.69) is 5.10 Å². The van der Waals surface area contributed by atoms with Gasteiger partial charge in [-0.25, -0.2) is 5.01 Å². The van der Waals surface area contributed by atoms with E-state index in [1.54, 1.807) is 24.5 Å². The van der Waals surface area contributed by atoms with E-state index < -0.39 is 0 Å². The summed E-state index contributed by atoms with van der Waals surface area (Å²) >= 11 is 0. The van der Waals surface area contributed by atoms with Gasteiger partial charge in [-0.1, -0.05) is 0 Å². The van der Waals surface area contributed by atoms with E-state index in [1.807, 2.05) is 24.3 Å². The minimum atomic E-state index is -0.331. The van der Waals surface area contributed by atoms with Crippen LogP contribution in [0.15, 0.2) is 68.9 Å². The van der Waals surface area contributed by atoms with Gasteiger partial charge in [0.05, 0.1) is 18.2 Å². The predicted molar refractivity (Wildman–Crippen MR) is 90.0 cm³/mol. The second-order valence-electron chi connectivity index (χ2n) is 5.98. The number of rotatable bonds is 3. The number of hydrogen-bond donors (Lipinski definition) is 0. The average Bonchev–Trinajstić information content (AvgIpc) is 3.47. The number of hydrogen-bond acceptors (Lipinski definition) is 6. The van der Waals surface area contributed by atoms with E-state index in [0.29, 0.717) is 23.7 Å². The van der Waals surface area contributed by atoms with E-state index >= 15 is 0 Å². The van der Waals surface area contributed by atoms with Crippen LogP contribution in [-0.4, -0.2) is 23.4 Å². The van der Waals surface area contributed by atoms with Gasteiger partial charge in [0, 0.05) is 12.0 Å². The fourth-order valence-electron chi connectivity index (χ4n) is 3.16. The van der Waals surface area contributed by atoms with Gasteiger partial charge in [0.15, 0.2) is 17.3 Å². The summed E-state index contributed by atoms with van der Waals surface area (Å²) in [6, 6.07) is 12.2. The number of benzene rings is 1. The zero-order valence-electron chi connectivity index (χ0n) is 13.6. The maximum atomic E-state index is 12.8. The maximum Gasteiger partial charge on any atom is 0.310 e. The molecule has 1 amide bonds. The third kappa shape index (κ3) is 2.36. The first-order chi connectivity index (χ1) is 12.8. The van der Waals surface area contributed by atoms with Crippen molar-refractivity contribution in [2.45, 2.75) is 12.5 Å². The zero-order chi connectivity index (χ0) is 17.5. The maximum absolute atomic E-state index is 12.8. The summed E-state index contributed by atoms with van der Waals surface area (Å²) in [5.41, 5.74) is 1.64. The minimum absolute atomic E-state index is 0.212. The molecule has 0 bridgehead atoms. The summed E-state index contributed by atoms with van der Waals surface area (Å²) in [5.74, 6) is 1.97. The van der Waals surface area contributed by atoms with Crippen molar-refractivity contribution in [2.75, 3.05) is 6.79 Å². The Morgan fingerprint density at radius 1 is 1.04 bits per heavy atom. The van der Waals surface area contributed by atoms with Crippen LogP contribution in [0.2, 0.25) is 0 Å². The highest BCUT2D eigenvalue weighted by molar-refractivity contribution is 6.04. The first kappa shape index (κ1) is 14.8. The van der Waals surface area contributed by atoms with Gasteiger partial charge in [-0.05, 0) is 42.5 Å². The van der Waals surface area contributed by atoms with Crippen LogP contribution in [0.4, 0.5) is 0 Å². The Kier molecular flexibility index (Phi) is 3.31. The van der Waals surface area contributed by atoms with E-state index in [0.717, 1.165) is 11.3 Å². The summed E-state index contributed by atoms with van der Waals surface area (Å²) in [7, 11) is 0. The van der Waals surface area contributed by atoms with Gasteiger partial charge in [0.25, 0.3) is 0 Å². The van der Waals surface area contributed by atoms with Gasteiger partial charge in [-0.15, -0.1) is 0 Å². The number of amides is 1. The Labute approximate surface area is 148 Å². The van der Waals surface area contributed by atoms with E-state index in [-0.39, 0.29) is 24.5 Å². The zero-order valence-corrected chi connectivity index (χ0v) is 13.6. The van der Waals surface area contributed by atoms with Crippen LogP contribution in [0.5, 0.6) is 11.5 Å². The molecule has 0 spiro atoms. The standard InChI is InChI=1S/C19H14N2O5/c22-19(17-4-2-8-24-17)21-14(15-3-1-7-23-15)10-13(20-21)12-5-6-16-18(9-12)26-11-25-16/h1-9,14H,10-11H2. The molecule has 1 atom stereocenters. The van der Waals surface area contributed by atoms with E-state index in [9.17, 15) is 4.79 Å². The number of fused-ring (bicyclic) bond motifs is 1. The molecule has 2 aliphatic heterocycles. The monoisotopic (exact) mass is 350 g/mol. The van der Waals surface area contributed by atoms with Crippen LogP contribution >= 0.6 is 0 Å². The van der Waals surface area contributed by atoms with Crippen molar-refractivity contribution in [3.63, 3.8) is 0 Å². The lowest BCUT2D eigenvalue weighted by atomic mass is 10.0. The molecule has 130 valence electrons. The fourth-order valence-corrected chi connectivity index (χ4v) is 3.16. The third-order valence-electron chi connectivity index (χ3n) is 4.43. The highest BCUT2D eigenvalue weighted by Crippen LogP contribution is 2.37. The predicted octanol–water partition coefficient (Wildman–Crippen LogP) is 3.59. The van der Waals surface area contributed by atoms with Crippen LogP contribution in [0, 0.1) is 0 Å². The Balaban J connectivity index is 1.52. The molecule has 0 radical (unpaired) electrons. The summed E-state index contributed by atoms with van der Waals surface area (Å²) in [4.78, 5) is 12.8. The van der Waals surface area contributed by atoms with Crippen molar-refractivity contribution >= 4 is 11.6 Å². The summed E-state index contributed by atoms with van der Waals surface area (Å²) in [6.07, 6.45) is 3.58. The lowest BCUT2D eigenvalue weighted by Gasteiger charge is -2.18. The van der Waals surface area contributed by atoms with E-state index in [1.165, 1.54) is 11.3 Å². The van der Waals surface area contributed by atoms with Crippen molar-refractivity contribution in [3.8, 4) is 11.5 Å². The molecule has 0 fully saturated rings. The van der Waals surface area contributed by atoms with Crippen molar-refractivity contribution in [2.24, 2.45) is 5.10 Å². The number of carbonyl (C=O) groups is 1. The van der Waals surface area contributed by atoms with Crippen LogP contribution in [0.3, 0.4) is 0 Å². The highest BCUT2D eigenvalue weighted by atomic mass is 16.7. The molecule has 2 aliphatic rings. The molecule has 2 aromatic heterocycles. The Morgan fingerprint density at radius 2 is 1.88 bits per heavy atom. The number of furan rings is 2. The van der Waals surface area contributed by atoms with Crippen molar-refractivity contribution in [1.29, 1.82) is 0 Å². The first-order valence-corrected chi connectivity index (χ1v) is 8.17. The molecule has 26 heavy (non-hydrogen) atoms. The molecule has 3 aromatic rings. The highest BCUT2D eigenvalue weighted by Gasteiger charge is 2.36. The average molecular weight is 350 g/mol. The summed E-state index contributed by atoms with van der Waals surface area (Å²) in [5, 5.41) is 5.98. The van der Waals surface area contributed by atoms with Crippen LogP contribution < -0.4 is 9.47 Å².